The van der Waals surface area contributed by atoms with Crippen molar-refractivity contribution in [1.29, 1.82) is 0 Å². The minimum absolute atomic E-state index is 0.166. The quantitative estimate of drug-likeness (QED) is 0.375. The maximum atomic E-state index is 12.8. The second kappa shape index (κ2) is 9.02. The number of piperidine rings is 1. The number of nitrogens with one attached hydrogen (secondary N) is 1. The van der Waals surface area contributed by atoms with Crippen LogP contribution in [0.5, 0.6) is 5.75 Å². The number of alkyl halides is 3. The summed E-state index contributed by atoms with van der Waals surface area (Å²) < 4.78 is 9.18. The van der Waals surface area contributed by atoms with Crippen molar-refractivity contribution in [1.82, 2.24) is 9.88 Å². The van der Waals surface area contributed by atoms with E-state index in [1.807, 2.05) is 24.3 Å². The number of amides is 1. The number of fused-ring (bicyclic) bond motifs is 4. The summed E-state index contributed by atoms with van der Waals surface area (Å²) in [5.74, 6) is 0.986. The smallest absolute Gasteiger partial charge is 0.409 e. The van der Waals surface area contributed by atoms with Crippen LogP contribution in [-0.2, 0) is 23.0 Å². The molecule has 180 valence electrons. The van der Waals surface area contributed by atoms with Crippen LogP contribution < -0.4 is 4.74 Å². The van der Waals surface area contributed by atoms with E-state index < -0.39 is 9.89 Å². The first kappa shape index (κ1) is 23.9. The van der Waals surface area contributed by atoms with Crippen LogP contribution in [-0.4, -0.2) is 46.6 Å². The van der Waals surface area contributed by atoms with E-state index in [4.69, 9.17) is 55.9 Å². The first-order valence-electron chi connectivity index (χ1n) is 11.1. The van der Waals surface area contributed by atoms with E-state index in [0.29, 0.717) is 18.1 Å². The molecule has 1 aliphatic heterocycles. The number of rotatable bonds is 3. The van der Waals surface area contributed by atoms with Crippen molar-refractivity contribution >= 4 is 63.4 Å². The first-order chi connectivity index (χ1) is 16.2. The highest BCUT2D eigenvalue weighted by Crippen LogP contribution is 2.50. The zero-order chi connectivity index (χ0) is 24.1. The maximum Gasteiger partial charge on any atom is 0.409 e. The summed E-state index contributed by atoms with van der Waals surface area (Å²) in [5.41, 5.74) is 4.47. The number of methoxy groups -OCH3 is 1. The minimum atomic E-state index is -1.64. The Morgan fingerprint density at radius 1 is 1.24 bits per heavy atom. The SMILES string of the molecule is COc1cccc([C@]23CCN(C(=O)OCC(Cl)(Cl)Cl)CC2Cc2c([nH]c4c(Cl)cccc24)C3)c1. The highest BCUT2D eigenvalue weighted by atomic mass is 35.6. The fraction of sp³-hybridized carbons (Fsp3) is 0.400. The van der Waals surface area contributed by atoms with Gasteiger partial charge in [-0.25, -0.2) is 4.79 Å². The van der Waals surface area contributed by atoms with Gasteiger partial charge >= 0.3 is 6.09 Å². The molecule has 1 aliphatic carbocycles. The van der Waals surface area contributed by atoms with Gasteiger partial charge in [0.15, 0.2) is 0 Å². The number of para-hydroxylation sites is 1. The van der Waals surface area contributed by atoms with Crippen molar-refractivity contribution in [3.05, 3.63) is 64.3 Å². The lowest BCUT2D eigenvalue weighted by Crippen LogP contribution is -2.55. The number of aromatic nitrogens is 1. The summed E-state index contributed by atoms with van der Waals surface area (Å²) >= 11 is 23.8. The molecule has 2 aliphatic rings. The summed E-state index contributed by atoms with van der Waals surface area (Å²) in [6.45, 7) is 0.801. The number of hydrogen-bond donors (Lipinski definition) is 1. The number of ether oxygens (including phenoxy) is 2. The number of benzene rings is 2. The van der Waals surface area contributed by atoms with Crippen LogP contribution in [0.2, 0.25) is 5.02 Å². The molecule has 5 nitrogen and oxygen atoms in total. The Hall–Kier alpha value is -1.79. The molecule has 0 radical (unpaired) electrons. The summed E-state index contributed by atoms with van der Waals surface area (Å²) in [4.78, 5) is 18.1. The molecule has 1 saturated heterocycles. The second-order valence-electron chi connectivity index (χ2n) is 9.08. The third-order valence-corrected chi connectivity index (χ3v) is 7.88. The van der Waals surface area contributed by atoms with Crippen molar-refractivity contribution in [2.24, 2.45) is 5.92 Å². The van der Waals surface area contributed by atoms with Gasteiger partial charge in [0.1, 0.15) is 12.4 Å². The lowest BCUT2D eigenvalue weighted by atomic mass is 9.59. The van der Waals surface area contributed by atoms with E-state index in [9.17, 15) is 4.79 Å². The molecule has 1 amide bonds. The minimum Gasteiger partial charge on any atom is -0.497 e. The van der Waals surface area contributed by atoms with E-state index in [0.717, 1.165) is 35.9 Å². The van der Waals surface area contributed by atoms with E-state index in [1.54, 1.807) is 12.0 Å². The van der Waals surface area contributed by atoms with Gasteiger partial charge in [0.25, 0.3) is 0 Å². The van der Waals surface area contributed by atoms with Gasteiger partial charge < -0.3 is 19.4 Å². The number of H-pyrrole nitrogens is 1. The van der Waals surface area contributed by atoms with Crippen LogP contribution >= 0.6 is 46.4 Å². The van der Waals surface area contributed by atoms with Crippen LogP contribution in [0.1, 0.15) is 23.2 Å². The molecule has 2 aromatic carbocycles. The van der Waals surface area contributed by atoms with Crippen LogP contribution in [0.25, 0.3) is 10.9 Å². The van der Waals surface area contributed by atoms with Gasteiger partial charge in [-0.05, 0) is 54.5 Å². The Morgan fingerprint density at radius 2 is 2.03 bits per heavy atom. The number of halogens is 4. The van der Waals surface area contributed by atoms with Gasteiger partial charge in [-0.2, -0.15) is 0 Å². The van der Waals surface area contributed by atoms with Crippen LogP contribution in [0.4, 0.5) is 4.79 Å². The average molecular weight is 542 g/mol. The van der Waals surface area contributed by atoms with Crippen LogP contribution in [0.3, 0.4) is 0 Å². The number of nitrogens with zero attached hydrogens (tertiary/aromatic N) is 1. The summed E-state index contributed by atoms with van der Waals surface area (Å²) in [6, 6.07) is 14.2. The third kappa shape index (κ3) is 4.32. The standard InChI is InChI=1S/C25H24Cl4N2O3/c1-33-17-5-2-4-15(10-17)24-8-9-31(23(32)34-14-25(27,28)29)13-16(24)11-19-18-6-3-7-20(26)22(18)30-21(19)12-24/h2-7,10,16,30H,8-9,11-14H2,1H3/t16?,24-/m1/s1. The van der Waals surface area contributed by atoms with Gasteiger partial charge in [0, 0.05) is 29.6 Å². The predicted molar refractivity (Wildman–Crippen MR) is 137 cm³/mol. The first-order valence-corrected chi connectivity index (χ1v) is 12.6. The Kier molecular flexibility index (Phi) is 6.34. The number of aromatic amines is 1. The van der Waals surface area contributed by atoms with Crippen molar-refractivity contribution in [3.63, 3.8) is 0 Å². The molecule has 34 heavy (non-hydrogen) atoms. The molecule has 0 bridgehead atoms. The third-order valence-electron chi connectivity index (χ3n) is 7.23. The number of carbonyl (C=O) groups is 1. The van der Waals surface area contributed by atoms with Gasteiger partial charge in [-0.15, -0.1) is 0 Å². The van der Waals surface area contributed by atoms with Crippen LogP contribution in [0.15, 0.2) is 42.5 Å². The van der Waals surface area contributed by atoms with Gasteiger partial charge in [-0.1, -0.05) is 70.7 Å². The number of hydrogen-bond acceptors (Lipinski definition) is 3. The number of carbonyl (C=O) groups excluding carboxylic acids is 1. The highest BCUT2D eigenvalue weighted by molar-refractivity contribution is 6.67. The average Bonchev–Trinajstić information content (AvgIpc) is 3.18. The maximum absolute atomic E-state index is 12.8. The molecule has 1 aromatic heterocycles. The summed E-state index contributed by atoms with van der Waals surface area (Å²) in [5, 5.41) is 1.85. The van der Waals surface area contributed by atoms with Crippen LogP contribution in [0, 0.1) is 5.92 Å². The molecule has 1 unspecified atom stereocenters. The topological polar surface area (TPSA) is 54.6 Å². The highest BCUT2D eigenvalue weighted by Gasteiger charge is 2.49. The summed E-state index contributed by atoms with van der Waals surface area (Å²) in [7, 11) is 1.68. The second-order valence-corrected chi connectivity index (χ2v) is 12.0. The molecule has 0 saturated carbocycles. The Bertz CT molecular complexity index is 1240. The molecule has 9 heteroatoms. The zero-order valence-corrected chi connectivity index (χ0v) is 21.6. The fourth-order valence-electron chi connectivity index (χ4n) is 5.62. The molecule has 0 spiro atoms. The van der Waals surface area contributed by atoms with Gasteiger partial charge in [-0.3, -0.25) is 0 Å². The van der Waals surface area contributed by atoms with Gasteiger partial charge in [0.05, 0.1) is 17.6 Å². The Labute approximate surface area is 218 Å². The normalized spacial score (nSPS) is 22.3. The van der Waals surface area contributed by atoms with Gasteiger partial charge in [0.2, 0.25) is 3.79 Å². The molecule has 1 N–H and O–H groups in total. The van der Waals surface area contributed by atoms with Crippen molar-refractivity contribution < 1.29 is 14.3 Å². The largest absolute Gasteiger partial charge is 0.497 e. The predicted octanol–water partition coefficient (Wildman–Crippen LogP) is 6.70. The number of likely N-dealkylation sites (tertiary alicyclic amines) is 1. The van der Waals surface area contributed by atoms with Crippen molar-refractivity contribution in [2.75, 3.05) is 26.8 Å². The van der Waals surface area contributed by atoms with E-state index in [2.05, 4.69) is 23.2 Å². The zero-order valence-electron chi connectivity index (χ0n) is 18.5. The Balaban J connectivity index is 1.53. The van der Waals surface area contributed by atoms with Crippen molar-refractivity contribution in [3.8, 4) is 5.75 Å². The molecule has 3 aromatic rings. The van der Waals surface area contributed by atoms with E-state index in [-0.39, 0.29) is 17.9 Å². The Morgan fingerprint density at radius 3 is 2.79 bits per heavy atom. The lowest BCUT2D eigenvalue weighted by molar-refractivity contribution is 0.0539. The lowest BCUT2D eigenvalue weighted by Gasteiger charge is -2.50. The molecule has 2 atom stereocenters. The molecular formula is C25H24Cl4N2O3. The molecule has 5 rings (SSSR count). The molecule has 1 fully saturated rings. The van der Waals surface area contributed by atoms with E-state index in [1.165, 1.54) is 16.8 Å². The summed E-state index contributed by atoms with van der Waals surface area (Å²) in [6.07, 6.45) is 1.94. The molecule has 2 heterocycles. The van der Waals surface area contributed by atoms with Crippen molar-refractivity contribution in [2.45, 2.75) is 28.5 Å². The fourth-order valence-corrected chi connectivity index (χ4v) is 6.00. The van der Waals surface area contributed by atoms with E-state index >= 15 is 0 Å². The molecular weight excluding hydrogens is 518 g/mol. The monoisotopic (exact) mass is 540 g/mol.